The molecule has 1 aromatic carbocycles. The predicted molar refractivity (Wildman–Crippen MR) is 83.9 cm³/mol. The largest absolute Gasteiger partial charge is 0.480 e. The lowest BCUT2D eigenvalue weighted by Crippen LogP contribution is -2.34. The number of aromatic nitrogens is 2. The summed E-state index contributed by atoms with van der Waals surface area (Å²) in [6, 6.07) is 6.78. The zero-order chi connectivity index (χ0) is 15.8. The molecule has 1 atom stereocenters. The van der Waals surface area contributed by atoms with Gasteiger partial charge in [-0.15, -0.1) is 0 Å². The van der Waals surface area contributed by atoms with E-state index in [1.54, 1.807) is 7.11 Å². The topological polar surface area (TPSA) is 96.4 Å². The molecule has 118 valence electrons. The van der Waals surface area contributed by atoms with Gasteiger partial charge in [0, 0.05) is 19.0 Å². The van der Waals surface area contributed by atoms with Gasteiger partial charge in [-0.3, -0.25) is 0 Å². The minimum atomic E-state index is -0.906. The Hall–Kier alpha value is -2.25. The second-order valence-electron chi connectivity index (χ2n) is 4.81. The quantitative estimate of drug-likeness (QED) is 0.597. The van der Waals surface area contributed by atoms with Gasteiger partial charge < -0.3 is 20.5 Å². The number of hydrogen-bond donors (Lipinski definition) is 3. The van der Waals surface area contributed by atoms with E-state index in [0.29, 0.717) is 31.9 Å². The molecular weight excluding hydrogens is 284 g/mol. The van der Waals surface area contributed by atoms with Crippen LogP contribution in [0.2, 0.25) is 0 Å². The van der Waals surface area contributed by atoms with Crippen LogP contribution in [-0.2, 0) is 9.53 Å². The molecule has 0 fully saturated rings. The molecule has 1 heterocycles. The van der Waals surface area contributed by atoms with Crippen molar-refractivity contribution in [3.63, 3.8) is 0 Å². The van der Waals surface area contributed by atoms with Crippen LogP contribution in [0, 0.1) is 0 Å². The molecule has 2 aromatic rings. The van der Waals surface area contributed by atoms with Gasteiger partial charge >= 0.3 is 5.97 Å². The van der Waals surface area contributed by atoms with Gasteiger partial charge in [0.25, 0.3) is 0 Å². The molecule has 0 aliphatic heterocycles. The molecule has 1 aromatic heterocycles. The molecule has 0 saturated heterocycles. The van der Waals surface area contributed by atoms with Crippen molar-refractivity contribution in [2.75, 3.05) is 32.1 Å². The Bertz CT molecular complexity index is 615. The SMILES string of the molecule is COCCNCC[C@H](Nc1ncnc2ccccc12)C(=O)O. The maximum atomic E-state index is 11.4. The zero-order valence-electron chi connectivity index (χ0n) is 12.5. The van der Waals surface area contributed by atoms with Gasteiger partial charge in [0.2, 0.25) is 0 Å². The summed E-state index contributed by atoms with van der Waals surface area (Å²) >= 11 is 0. The second kappa shape index (κ2) is 8.26. The van der Waals surface area contributed by atoms with Crippen LogP contribution in [0.1, 0.15) is 6.42 Å². The molecule has 0 bridgehead atoms. The Kier molecular flexibility index (Phi) is 6.05. The molecular formula is C15H20N4O3. The number of hydrogen-bond acceptors (Lipinski definition) is 6. The summed E-state index contributed by atoms with van der Waals surface area (Å²) in [5.41, 5.74) is 0.780. The Labute approximate surface area is 128 Å². The molecule has 0 amide bonds. The standard InChI is InChI=1S/C15H20N4O3/c1-22-9-8-16-7-6-13(15(20)21)19-14-11-4-2-3-5-12(11)17-10-18-14/h2-5,10,13,16H,6-9H2,1H3,(H,20,21)(H,17,18,19)/t13-/m0/s1. The third kappa shape index (κ3) is 4.37. The minimum Gasteiger partial charge on any atom is -0.480 e. The lowest BCUT2D eigenvalue weighted by molar-refractivity contribution is -0.138. The monoisotopic (exact) mass is 304 g/mol. The predicted octanol–water partition coefficient (Wildman–Crippen LogP) is 1.12. The highest BCUT2D eigenvalue weighted by Crippen LogP contribution is 2.19. The fourth-order valence-electron chi connectivity index (χ4n) is 2.09. The first-order valence-corrected chi connectivity index (χ1v) is 7.11. The Morgan fingerprint density at radius 3 is 2.91 bits per heavy atom. The molecule has 0 aliphatic rings. The van der Waals surface area contributed by atoms with E-state index in [-0.39, 0.29) is 0 Å². The van der Waals surface area contributed by atoms with Crippen LogP contribution >= 0.6 is 0 Å². The van der Waals surface area contributed by atoms with Crippen LogP contribution in [0.3, 0.4) is 0 Å². The number of rotatable bonds is 9. The Balaban J connectivity index is 2.02. The third-order valence-corrected chi connectivity index (χ3v) is 3.24. The molecule has 3 N–H and O–H groups in total. The zero-order valence-corrected chi connectivity index (χ0v) is 12.5. The summed E-state index contributed by atoms with van der Waals surface area (Å²) in [7, 11) is 1.63. The van der Waals surface area contributed by atoms with Crippen LogP contribution < -0.4 is 10.6 Å². The highest BCUT2D eigenvalue weighted by Gasteiger charge is 2.18. The first-order chi connectivity index (χ1) is 10.7. The summed E-state index contributed by atoms with van der Waals surface area (Å²) in [5, 5.41) is 16.3. The molecule has 0 saturated carbocycles. The number of aliphatic carboxylic acids is 1. The number of carbonyl (C=O) groups is 1. The van der Waals surface area contributed by atoms with Gasteiger partial charge in [-0.05, 0) is 25.1 Å². The third-order valence-electron chi connectivity index (χ3n) is 3.24. The number of nitrogens with zero attached hydrogens (tertiary/aromatic N) is 2. The highest BCUT2D eigenvalue weighted by molar-refractivity contribution is 5.90. The van der Waals surface area contributed by atoms with Gasteiger partial charge in [-0.2, -0.15) is 0 Å². The Morgan fingerprint density at radius 2 is 2.14 bits per heavy atom. The van der Waals surface area contributed by atoms with Crippen molar-refractivity contribution in [3.05, 3.63) is 30.6 Å². The second-order valence-corrected chi connectivity index (χ2v) is 4.81. The average molecular weight is 304 g/mol. The van der Waals surface area contributed by atoms with E-state index in [1.807, 2.05) is 24.3 Å². The number of para-hydroxylation sites is 1. The number of carboxylic acid groups (broad SMARTS) is 1. The number of benzene rings is 1. The van der Waals surface area contributed by atoms with E-state index in [1.165, 1.54) is 6.33 Å². The molecule has 7 heteroatoms. The summed E-state index contributed by atoms with van der Waals surface area (Å²) in [4.78, 5) is 19.7. The van der Waals surface area contributed by atoms with Gasteiger partial charge in [0.05, 0.1) is 12.1 Å². The maximum absolute atomic E-state index is 11.4. The molecule has 7 nitrogen and oxygen atoms in total. The van der Waals surface area contributed by atoms with Crippen molar-refractivity contribution >= 4 is 22.7 Å². The van der Waals surface area contributed by atoms with Crippen molar-refractivity contribution in [1.29, 1.82) is 0 Å². The van der Waals surface area contributed by atoms with E-state index in [9.17, 15) is 9.90 Å². The number of methoxy groups -OCH3 is 1. The number of anilines is 1. The van der Waals surface area contributed by atoms with E-state index in [4.69, 9.17) is 4.74 Å². The van der Waals surface area contributed by atoms with Crippen molar-refractivity contribution in [3.8, 4) is 0 Å². The van der Waals surface area contributed by atoms with Crippen molar-refractivity contribution < 1.29 is 14.6 Å². The average Bonchev–Trinajstić information content (AvgIpc) is 2.53. The lowest BCUT2D eigenvalue weighted by Gasteiger charge is -2.16. The van der Waals surface area contributed by atoms with Gasteiger partial charge in [-0.25, -0.2) is 14.8 Å². The van der Waals surface area contributed by atoms with Crippen LogP contribution in [-0.4, -0.2) is 53.9 Å². The van der Waals surface area contributed by atoms with Crippen molar-refractivity contribution in [1.82, 2.24) is 15.3 Å². The molecule has 0 radical (unpaired) electrons. The van der Waals surface area contributed by atoms with E-state index in [0.717, 1.165) is 10.9 Å². The first-order valence-electron chi connectivity index (χ1n) is 7.11. The molecule has 0 aliphatic carbocycles. The number of nitrogens with one attached hydrogen (secondary N) is 2. The van der Waals surface area contributed by atoms with Crippen molar-refractivity contribution in [2.24, 2.45) is 0 Å². The van der Waals surface area contributed by atoms with Gasteiger partial charge in [0.15, 0.2) is 0 Å². The number of ether oxygens (including phenoxy) is 1. The molecule has 0 spiro atoms. The van der Waals surface area contributed by atoms with Gasteiger partial charge in [-0.1, -0.05) is 12.1 Å². The van der Waals surface area contributed by atoms with Crippen LogP contribution in [0.4, 0.5) is 5.82 Å². The van der Waals surface area contributed by atoms with Crippen LogP contribution in [0.15, 0.2) is 30.6 Å². The highest BCUT2D eigenvalue weighted by atomic mass is 16.5. The summed E-state index contributed by atoms with van der Waals surface area (Å²) in [5.74, 6) is -0.369. The Morgan fingerprint density at radius 1 is 1.32 bits per heavy atom. The summed E-state index contributed by atoms with van der Waals surface area (Å²) < 4.78 is 4.93. The van der Waals surface area contributed by atoms with E-state index < -0.39 is 12.0 Å². The van der Waals surface area contributed by atoms with Crippen LogP contribution in [0.25, 0.3) is 10.9 Å². The fourth-order valence-corrected chi connectivity index (χ4v) is 2.09. The van der Waals surface area contributed by atoms with E-state index >= 15 is 0 Å². The summed E-state index contributed by atoms with van der Waals surface area (Å²) in [6.07, 6.45) is 1.87. The molecule has 2 rings (SSSR count). The van der Waals surface area contributed by atoms with E-state index in [2.05, 4.69) is 20.6 Å². The normalized spacial score (nSPS) is 12.2. The van der Waals surface area contributed by atoms with Crippen LogP contribution in [0.5, 0.6) is 0 Å². The fraction of sp³-hybridized carbons (Fsp3) is 0.400. The molecule has 0 unspecified atom stereocenters. The summed E-state index contributed by atoms with van der Waals surface area (Å²) in [6.45, 7) is 1.87. The smallest absolute Gasteiger partial charge is 0.326 e. The van der Waals surface area contributed by atoms with Crippen molar-refractivity contribution in [2.45, 2.75) is 12.5 Å². The number of fused-ring (bicyclic) bond motifs is 1. The minimum absolute atomic E-state index is 0.442. The molecule has 22 heavy (non-hydrogen) atoms. The lowest BCUT2D eigenvalue weighted by atomic mass is 10.2. The van der Waals surface area contributed by atoms with Gasteiger partial charge in [0.1, 0.15) is 18.2 Å². The first kappa shape index (κ1) is 16.1. The number of carboxylic acids is 1. The maximum Gasteiger partial charge on any atom is 0.326 e.